The summed E-state index contributed by atoms with van der Waals surface area (Å²) in [5.74, 6) is 1.11. The highest BCUT2D eigenvalue weighted by Crippen LogP contribution is 2.29. The number of hydrogen-bond acceptors (Lipinski definition) is 5. The van der Waals surface area contributed by atoms with Gasteiger partial charge in [0.25, 0.3) is 5.91 Å². The molecule has 0 bridgehead atoms. The number of amides is 1. The topological polar surface area (TPSA) is 90.1 Å². The van der Waals surface area contributed by atoms with Crippen molar-refractivity contribution in [3.63, 3.8) is 0 Å². The van der Waals surface area contributed by atoms with Gasteiger partial charge in [0.15, 0.2) is 0 Å². The molecule has 1 atom stereocenters. The Kier molecular flexibility index (Phi) is 6.33. The van der Waals surface area contributed by atoms with Gasteiger partial charge in [-0.2, -0.15) is 0 Å². The van der Waals surface area contributed by atoms with Crippen LogP contribution in [0.25, 0.3) is 0 Å². The second-order valence-corrected chi connectivity index (χ2v) is 5.98. The molecule has 1 aromatic heterocycles. The predicted octanol–water partition coefficient (Wildman–Crippen LogP) is 3.21. The van der Waals surface area contributed by atoms with E-state index in [4.69, 9.17) is 10.5 Å². The minimum atomic E-state index is -0.214. The van der Waals surface area contributed by atoms with E-state index in [2.05, 4.69) is 35.2 Å². The van der Waals surface area contributed by atoms with Crippen LogP contribution in [0.15, 0.2) is 24.3 Å². The fraction of sp³-hybridized carbons (Fsp3) is 0.421. The fourth-order valence-corrected chi connectivity index (χ4v) is 2.69. The largest absolute Gasteiger partial charge is 0.487 e. The van der Waals surface area contributed by atoms with Crippen LogP contribution < -0.4 is 15.8 Å². The number of para-hydroxylation sites is 1. The number of carbonyl (C=O) groups is 1. The lowest BCUT2D eigenvalue weighted by Crippen LogP contribution is -2.26. The molecular formula is C19H26N4O2. The molecule has 0 aliphatic rings. The van der Waals surface area contributed by atoms with E-state index in [1.807, 2.05) is 25.1 Å². The first-order chi connectivity index (χ1) is 12.0. The van der Waals surface area contributed by atoms with E-state index in [0.717, 1.165) is 17.7 Å². The minimum absolute atomic E-state index is 0.138. The molecule has 1 amide bonds. The number of carbonyl (C=O) groups excluding carboxylic acids is 1. The molecule has 25 heavy (non-hydrogen) atoms. The molecule has 134 valence electrons. The molecule has 0 spiro atoms. The highest BCUT2D eigenvalue weighted by Gasteiger charge is 2.19. The van der Waals surface area contributed by atoms with Crippen LogP contribution in [0.4, 0.5) is 5.95 Å². The maximum absolute atomic E-state index is 12.3. The molecule has 6 heteroatoms. The van der Waals surface area contributed by atoms with Crippen LogP contribution in [-0.4, -0.2) is 22.4 Å². The van der Waals surface area contributed by atoms with Crippen LogP contribution >= 0.6 is 0 Å². The number of ether oxygens (including phenoxy) is 1. The van der Waals surface area contributed by atoms with Crippen LogP contribution in [0.5, 0.6) is 5.75 Å². The molecule has 0 saturated heterocycles. The van der Waals surface area contributed by atoms with Crippen molar-refractivity contribution in [2.24, 2.45) is 0 Å². The number of rotatable bonds is 7. The van der Waals surface area contributed by atoms with Crippen LogP contribution in [0, 0.1) is 6.92 Å². The van der Waals surface area contributed by atoms with Gasteiger partial charge in [0.05, 0.1) is 17.0 Å². The summed E-state index contributed by atoms with van der Waals surface area (Å²) < 4.78 is 6.00. The molecule has 1 aromatic carbocycles. The van der Waals surface area contributed by atoms with E-state index in [0.29, 0.717) is 29.4 Å². The van der Waals surface area contributed by atoms with Crippen molar-refractivity contribution in [3.8, 4) is 5.75 Å². The smallest absolute Gasteiger partial charge is 0.255 e. The van der Waals surface area contributed by atoms with Gasteiger partial charge in [-0.15, -0.1) is 0 Å². The molecule has 3 N–H and O–H groups in total. The van der Waals surface area contributed by atoms with E-state index >= 15 is 0 Å². The molecular weight excluding hydrogens is 316 g/mol. The van der Waals surface area contributed by atoms with Crippen molar-refractivity contribution in [1.82, 2.24) is 15.3 Å². The van der Waals surface area contributed by atoms with Crippen molar-refractivity contribution >= 4 is 11.9 Å². The molecule has 6 nitrogen and oxygen atoms in total. The van der Waals surface area contributed by atoms with Gasteiger partial charge in [-0.25, -0.2) is 9.97 Å². The average Bonchev–Trinajstić information content (AvgIpc) is 2.59. The van der Waals surface area contributed by atoms with Crippen molar-refractivity contribution < 1.29 is 9.53 Å². The predicted molar refractivity (Wildman–Crippen MR) is 98.7 cm³/mol. The SMILES string of the molecule is CCNC(=O)c1c(C)nc(N)nc1COc1ccccc1C(C)CC. The van der Waals surface area contributed by atoms with Gasteiger partial charge in [0, 0.05) is 6.54 Å². The summed E-state index contributed by atoms with van der Waals surface area (Å²) >= 11 is 0. The molecule has 0 aliphatic carbocycles. The number of aryl methyl sites for hydroxylation is 1. The lowest BCUT2D eigenvalue weighted by atomic mass is 9.98. The highest BCUT2D eigenvalue weighted by atomic mass is 16.5. The third-order valence-electron chi connectivity index (χ3n) is 4.17. The Hall–Kier alpha value is -2.63. The van der Waals surface area contributed by atoms with Crippen molar-refractivity contribution in [1.29, 1.82) is 0 Å². The minimum Gasteiger partial charge on any atom is -0.487 e. The van der Waals surface area contributed by atoms with E-state index in [1.165, 1.54) is 0 Å². The molecule has 1 heterocycles. The lowest BCUT2D eigenvalue weighted by Gasteiger charge is -2.17. The number of anilines is 1. The van der Waals surface area contributed by atoms with Crippen molar-refractivity contribution in [3.05, 3.63) is 46.8 Å². The number of nitrogens with two attached hydrogens (primary N) is 1. The Morgan fingerprint density at radius 2 is 2.00 bits per heavy atom. The van der Waals surface area contributed by atoms with E-state index in [9.17, 15) is 4.79 Å². The van der Waals surface area contributed by atoms with Gasteiger partial charge in [0.1, 0.15) is 12.4 Å². The van der Waals surface area contributed by atoms with Crippen LogP contribution in [-0.2, 0) is 6.61 Å². The third-order valence-corrected chi connectivity index (χ3v) is 4.17. The Bertz CT molecular complexity index is 746. The lowest BCUT2D eigenvalue weighted by molar-refractivity contribution is 0.0951. The Labute approximate surface area is 148 Å². The number of nitrogen functional groups attached to an aromatic ring is 1. The van der Waals surface area contributed by atoms with Gasteiger partial charge < -0.3 is 15.8 Å². The number of benzene rings is 1. The second kappa shape index (κ2) is 8.46. The summed E-state index contributed by atoms with van der Waals surface area (Å²) in [4.78, 5) is 20.7. The molecule has 2 aromatic rings. The monoisotopic (exact) mass is 342 g/mol. The van der Waals surface area contributed by atoms with Gasteiger partial charge in [-0.3, -0.25) is 4.79 Å². The van der Waals surface area contributed by atoms with Gasteiger partial charge in [0.2, 0.25) is 5.95 Å². The zero-order chi connectivity index (χ0) is 18.4. The normalized spacial score (nSPS) is 11.8. The fourth-order valence-electron chi connectivity index (χ4n) is 2.69. The molecule has 2 rings (SSSR count). The average molecular weight is 342 g/mol. The number of nitrogens with one attached hydrogen (secondary N) is 1. The number of nitrogens with zero attached hydrogens (tertiary/aromatic N) is 2. The Morgan fingerprint density at radius 1 is 1.28 bits per heavy atom. The summed E-state index contributed by atoms with van der Waals surface area (Å²) in [6, 6.07) is 7.94. The summed E-state index contributed by atoms with van der Waals surface area (Å²) in [5, 5.41) is 2.78. The molecule has 0 aliphatic heterocycles. The molecule has 0 fully saturated rings. The van der Waals surface area contributed by atoms with E-state index in [1.54, 1.807) is 6.92 Å². The summed E-state index contributed by atoms with van der Waals surface area (Å²) in [6.45, 7) is 8.61. The second-order valence-electron chi connectivity index (χ2n) is 5.98. The maximum Gasteiger partial charge on any atom is 0.255 e. The van der Waals surface area contributed by atoms with Crippen molar-refractivity contribution in [2.45, 2.75) is 46.6 Å². The standard InChI is InChI=1S/C19H26N4O2/c1-5-12(3)14-9-7-8-10-16(14)25-11-15-17(18(24)21-6-2)13(4)22-19(20)23-15/h7-10,12H,5-6,11H2,1-4H3,(H,21,24)(H2,20,22,23). The molecule has 0 radical (unpaired) electrons. The Morgan fingerprint density at radius 3 is 2.68 bits per heavy atom. The maximum atomic E-state index is 12.3. The first kappa shape index (κ1) is 18.7. The highest BCUT2D eigenvalue weighted by molar-refractivity contribution is 5.96. The zero-order valence-electron chi connectivity index (χ0n) is 15.3. The van der Waals surface area contributed by atoms with E-state index < -0.39 is 0 Å². The van der Waals surface area contributed by atoms with Crippen LogP contribution in [0.3, 0.4) is 0 Å². The van der Waals surface area contributed by atoms with Gasteiger partial charge >= 0.3 is 0 Å². The van der Waals surface area contributed by atoms with Gasteiger partial charge in [-0.05, 0) is 37.8 Å². The number of hydrogen-bond donors (Lipinski definition) is 2. The summed E-state index contributed by atoms with van der Waals surface area (Å²) in [6.07, 6.45) is 1.02. The Balaban J connectivity index is 2.31. The first-order valence-electron chi connectivity index (χ1n) is 8.60. The first-order valence-corrected chi connectivity index (χ1v) is 8.60. The van der Waals surface area contributed by atoms with Gasteiger partial charge in [-0.1, -0.05) is 32.0 Å². The van der Waals surface area contributed by atoms with E-state index in [-0.39, 0.29) is 18.5 Å². The molecule has 0 saturated carbocycles. The van der Waals surface area contributed by atoms with Crippen molar-refractivity contribution in [2.75, 3.05) is 12.3 Å². The van der Waals surface area contributed by atoms with Crippen LogP contribution in [0.1, 0.15) is 60.4 Å². The summed E-state index contributed by atoms with van der Waals surface area (Å²) in [7, 11) is 0. The zero-order valence-corrected chi connectivity index (χ0v) is 15.3. The number of aromatic nitrogens is 2. The quantitative estimate of drug-likeness (QED) is 0.806. The van der Waals surface area contributed by atoms with Crippen LogP contribution in [0.2, 0.25) is 0 Å². The summed E-state index contributed by atoms with van der Waals surface area (Å²) in [5.41, 5.74) is 8.38. The molecule has 1 unspecified atom stereocenters. The third kappa shape index (κ3) is 4.47.